The molecule has 1 heterocycles. The van der Waals surface area contributed by atoms with Crippen LogP contribution in [0.1, 0.15) is 10.9 Å². The molecule has 1 aliphatic rings. The third kappa shape index (κ3) is 3.20. The number of hydrogen-bond acceptors (Lipinski definition) is 5. The van der Waals surface area contributed by atoms with Crippen molar-refractivity contribution in [2.45, 2.75) is 10.3 Å². The van der Waals surface area contributed by atoms with Gasteiger partial charge in [0.1, 0.15) is 0 Å². The van der Waals surface area contributed by atoms with Crippen LogP contribution in [0, 0.1) is 10.1 Å². The minimum atomic E-state index is -3.71. The van der Waals surface area contributed by atoms with E-state index >= 15 is 0 Å². The third-order valence-electron chi connectivity index (χ3n) is 4.57. The fraction of sp³-hybridized carbons (Fsp3) is 0.158. The smallest absolute Gasteiger partial charge is 0.258 e. The summed E-state index contributed by atoms with van der Waals surface area (Å²) in [6.07, 6.45) is 0. The van der Waals surface area contributed by atoms with Crippen molar-refractivity contribution in [3.05, 3.63) is 82.4 Å². The van der Waals surface area contributed by atoms with Gasteiger partial charge < -0.3 is 0 Å². The van der Waals surface area contributed by atoms with E-state index < -0.39 is 20.3 Å². The van der Waals surface area contributed by atoms with Crippen molar-refractivity contribution in [3.8, 4) is 0 Å². The SMILES string of the molecule is O=[N+]([O-])c1ccc(C2SCCN2S(=O)(=O)c2cccc3ccccc23)cc1. The molecule has 1 unspecified atom stereocenters. The average Bonchev–Trinajstić information content (AvgIpc) is 3.18. The van der Waals surface area contributed by atoms with Gasteiger partial charge in [0, 0.05) is 29.8 Å². The predicted octanol–water partition coefficient (Wildman–Crippen LogP) is 4.18. The van der Waals surface area contributed by atoms with E-state index in [0.29, 0.717) is 17.7 Å². The number of nitro benzene ring substituents is 1. The summed E-state index contributed by atoms with van der Waals surface area (Å²) in [4.78, 5) is 10.7. The fourth-order valence-electron chi connectivity index (χ4n) is 3.27. The molecule has 0 radical (unpaired) electrons. The van der Waals surface area contributed by atoms with Crippen molar-refractivity contribution >= 4 is 38.2 Å². The number of rotatable bonds is 4. The topological polar surface area (TPSA) is 80.5 Å². The molecule has 1 aliphatic heterocycles. The predicted molar refractivity (Wildman–Crippen MR) is 106 cm³/mol. The number of sulfonamides is 1. The highest BCUT2D eigenvalue weighted by Crippen LogP contribution is 2.42. The summed E-state index contributed by atoms with van der Waals surface area (Å²) in [5.74, 6) is 0.672. The van der Waals surface area contributed by atoms with Gasteiger partial charge in [-0.05, 0) is 29.1 Å². The van der Waals surface area contributed by atoms with Crippen molar-refractivity contribution in [1.82, 2.24) is 4.31 Å². The normalized spacial score (nSPS) is 18.0. The van der Waals surface area contributed by atoms with Crippen LogP contribution in [0.3, 0.4) is 0 Å². The Morgan fingerprint density at radius 2 is 1.70 bits per heavy atom. The molecule has 0 aliphatic carbocycles. The molecule has 6 nitrogen and oxygen atoms in total. The summed E-state index contributed by atoms with van der Waals surface area (Å²) in [7, 11) is -3.71. The van der Waals surface area contributed by atoms with Gasteiger partial charge in [-0.3, -0.25) is 10.1 Å². The molecule has 0 spiro atoms. The van der Waals surface area contributed by atoms with Gasteiger partial charge in [-0.15, -0.1) is 11.8 Å². The summed E-state index contributed by atoms with van der Waals surface area (Å²) in [6, 6.07) is 18.8. The van der Waals surface area contributed by atoms with E-state index in [1.807, 2.05) is 30.3 Å². The highest BCUT2D eigenvalue weighted by Gasteiger charge is 2.37. The molecule has 3 aromatic rings. The molecule has 27 heavy (non-hydrogen) atoms. The largest absolute Gasteiger partial charge is 0.269 e. The van der Waals surface area contributed by atoms with E-state index in [1.165, 1.54) is 28.2 Å². The van der Waals surface area contributed by atoms with Crippen molar-refractivity contribution in [2.75, 3.05) is 12.3 Å². The molecular formula is C19H16N2O4S2. The average molecular weight is 400 g/mol. The maximum absolute atomic E-state index is 13.4. The lowest BCUT2D eigenvalue weighted by Crippen LogP contribution is -2.30. The first kappa shape index (κ1) is 18.0. The lowest BCUT2D eigenvalue weighted by molar-refractivity contribution is -0.384. The van der Waals surface area contributed by atoms with Gasteiger partial charge in [0.05, 0.1) is 15.2 Å². The van der Waals surface area contributed by atoms with Crippen molar-refractivity contribution in [3.63, 3.8) is 0 Å². The Labute approximate surface area is 161 Å². The second-order valence-corrected chi connectivity index (χ2v) is 9.21. The maximum atomic E-state index is 13.4. The van der Waals surface area contributed by atoms with Crippen LogP contribution in [0.25, 0.3) is 10.8 Å². The van der Waals surface area contributed by atoms with Crippen molar-refractivity contribution in [2.24, 2.45) is 0 Å². The maximum Gasteiger partial charge on any atom is 0.269 e. The Morgan fingerprint density at radius 1 is 1.00 bits per heavy atom. The summed E-state index contributed by atoms with van der Waals surface area (Å²) in [6.45, 7) is 0.401. The van der Waals surface area contributed by atoms with Crippen LogP contribution in [-0.2, 0) is 10.0 Å². The van der Waals surface area contributed by atoms with E-state index in [0.717, 1.165) is 10.9 Å². The van der Waals surface area contributed by atoms with Gasteiger partial charge in [0.2, 0.25) is 10.0 Å². The first-order valence-electron chi connectivity index (χ1n) is 8.34. The first-order valence-corrected chi connectivity index (χ1v) is 10.8. The van der Waals surface area contributed by atoms with E-state index in [2.05, 4.69) is 0 Å². The molecule has 1 saturated heterocycles. The molecule has 4 rings (SSSR count). The minimum Gasteiger partial charge on any atom is -0.258 e. The van der Waals surface area contributed by atoms with Crippen molar-refractivity contribution in [1.29, 1.82) is 0 Å². The molecule has 0 N–H and O–H groups in total. The molecule has 1 fully saturated rings. The molecule has 0 bridgehead atoms. The Morgan fingerprint density at radius 3 is 2.44 bits per heavy atom. The fourth-order valence-corrected chi connectivity index (χ4v) is 6.73. The lowest BCUT2D eigenvalue weighted by Gasteiger charge is -2.24. The molecule has 3 aromatic carbocycles. The van der Waals surface area contributed by atoms with Crippen LogP contribution < -0.4 is 0 Å². The number of benzene rings is 3. The van der Waals surface area contributed by atoms with Gasteiger partial charge in [-0.2, -0.15) is 4.31 Å². The van der Waals surface area contributed by atoms with Crippen LogP contribution in [-0.4, -0.2) is 29.9 Å². The zero-order valence-electron chi connectivity index (χ0n) is 14.2. The van der Waals surface area contributed by atoms with Crippen LogP contribution in [0.5, 0.6) is 0 Å². The quantitative estimate of drug-likeness (QED) is 0.485. The van der Waals surface area contributed by atoms with Crippen LogP contribution >= 0.6 is 11.8 Å². The van der Waals surface area contributed by atoms with Crippen molar-refractivity contribution < 1.29 is 13.3 Å². The van der Waals surface area contributed by atoms with Crippen LogP contribution in [0.2, 0.25) is 0 Å². The zero-order valence-corrected chi connectivity index (χ0v) is 15.8. The van der Waals surface area contributed by atoms with Gasteiger partial charge in [0.25, 0.3) is 5.69 Å². The Hall–Kier alpha value is -2.42. The summed E-state index contributed by atoms with van der Waals surface area (Å²) < 4.78 is 28.3. The molecule has 1 atom stereocenters. The Bertz CT molecular complexity index is 1110. The van der Waals surface area contributed by atoms with Gasteiger partial charge in [-0.25, -0.2) is 8.42 Å². The van der Waals surface area contributed by atoms with E-state index in [-0.39, 0.29) is 10.6 Å². The highest BCUT2D eigenvalue weighted by molar-refractivity contribution is 8.01. The number of fused-ring (bicyclic) bond motifs is 1. The first-order chi connectivity index (χ1) is 13.0. The molecule has 0 amide bonds. The van der Waals surface area contributed by atoms with Crippen LogP contribution in [0.4, 0.5) is 5.69 Å². The van der Waals surface area contributed by atoms with E-state index in [1.54, 1.807) is 24.3 Å². The molecule has 0 saturated carbocycles. The zero-order chi connectivity index (χ0) is 19.0. The number of hydrogen-bond donors (Lipinski definition) is 0. The van der Waals surface area contributed by atoms with Gasteiger partial charge >= 0.3 is 0 Å². The Kier molecular flexibility index (Phi) is 4.63. The minimum absolute atomic E-state index is 0.00907. The molecule has 8 heteroatoms. The number of nitrogens with zero attached hydrogens (tertiary/aromatic N) is 2. The van der Waals surface area contributed by atoms with Gasteiger partial charge in [-0.1, -0.05) is 36.4 Å². The number of thioether (sulfide) groups is 1. The molecule has 138 valence electrons. The second-order valence-electron chi connectivity index (χ2n) is 6.16. The Balaban J connectivity index is 1.75. The number of non-ortho nitro benzene ring substituents is 1. The third-order valence-corrected chi connectivity index (χ3v) is 7.89. The standard InChI is InChI=1S/C19H16N2O4S2/c22-21(23)16-10-8-15(9-11-16)19-20(12-13-26-19)27(24,25)18-7-3-5-14-4-1-2-6-17(14)18/h1-11,19H,12-13H2. The second kappa shape index (κ2) is 6.95. The van der Waals surface area contributed by atoms with Crippen LogP contribution in [0.15, 0.2) is 71.6 Å². The highest BCUT2D eigenvalue weighted by atomic mass is 32.2. The van der Waals surface area contributed by atoms with E-state index in [9.17, 15) is 18.5 Å². The monoisotopic (exact) mass is 400 g/mol. The molecule has 0 aromatic heterocycles. The summed E-state index contributed by atoms with van der Waals surface area (Å²) in [5, 5.41) is 12.0. The summed E-state index contributed by atoms with van der Waals surface area (Å²) in [5.41, 5.74) is 0.733. The summed E-state index contributed by atoms with van der Waals surface area (Å²) >= 11 is 1.52. The lowest BCUT2D eigenvalue weighted by atomic mass is 10.1. The van der Waals surface area contributed by atoms with E-state index in [4.69, 9.17) is 0 Å². The molecular weight excluding hydrogens is 384 g/mol. The number of nitro groups is 1. The van der Waals surface area contributed by atoms with Gasteiger partial charge in [0.15, 0.2) is 0 Å².